The van der Waals surface area contributed by atoms with Crippen LogP contribution < -0.4 is 9.47 Å². The van der Waals surface area contributed by atoms with Crippen LogP contribution >= 0.6 is 0 Å². The SMILES string of the molecule is CCCCCCCCc1ccc(N=Nc2ccc(OC(=O)c3ccc(C=Nc4cccc(C(=O)Oc5ccc(N=Nc6ccc(CCCCCCCC)cc6)cc5)c4)cc3)cc2)cc1. The van der Waals surface area contributed by atoms with Gasteiger partial charge >= 0.3 is 11.9 Å². The third-order valence-electron chi connectivity index (χ3n) is 10.8. The molecular formula is C55H59N5O4. The molecule has 0 atom stereocenters. The molecule has 0 aliphatic rings. The number of hydrogen-bond acceptors (Lipinski definition) is 9. The van der Waals surface area contributed by atoms with Gasteiger partial charge in [0.15, 0.2) is 0 Å². The number of carbonyl (C=O) groups is 2. The molecule has 0 N–H and O–H groups in total. The summed E-state index contributed by atoms with van der Waals surface area (Å²) in [7, 11) is 0. The molecule has 6 aromatic carbocycles. The smallest absolute Gasteiger partial charge is 0.343 e. The molecule has 328 valence electrons. The minimum absolute atomic E-state index is 0.358. The van der Waals surface area contributed by atoms with Crippen LogP contribution in [0.1, 0.15) is 128 Å². The van der Waals surface area contributed by atoms with Gasteiger partial charge in [0.2, 0.25) is 0 Å². The first kappa shape index (κ1) is 46.6. The van der Waals surface area contributed by atoms with Crippen LogP contribution in [0.15, 0.2) is 171 Å². The molecule has 9 heteroatoms. The van der Waals surface area contributed by atoms with Crippen LogP contribution in [-0.4, -0.2) is 18.2 Å². The summed E-state index contributed by atoms with van der Waals surface area (Å²) in [5, 5.41) is 17.4. The van der Waals surface area contributed by atoms with Gasteiger partial charge in [-0.15, -0.1) is 0 Å². The largest absolute Gasteiger partial charge is 0.423 e. The van der Waals surface area contributed by atoms with Crippen LogP contribution in [0, 0.1) is 0 Å². The molecule has 9 nitrogen and oxygen atoms in total. The van der Waals surface area contributed by atoms with Gasteiger partial charge in [-0.2, -0.15) is 20.5 Å². The standard InChI is InChI=1S/C55H59N5O4/c1-3-5-7-9-11-13-16-42-22-28-47(29-23-42)57-59-49-32-36-52(37-33-49)63-54(61)45-26-20-44(21-27-45)41-56-51-19-15-18-46(40-51)55(62)64-53-38-34-50(35-39-53)60-58-48-30-24-43(25-31-48)17-14-12-10-8-6-4-2/h15,18-41H,3-14,16-17H2,1-2H3. The lowest BCUT2D eigenvalue weighted by Gasteiger charge is -2.06. The maximum absolute atomic E-state index is 13.0. The molecule has 0 saturated carbocycles. The maximum Gasteiger partial charge on any atom is 0.343 e. The van der Waals surface area contributed by atoms with E-state index in [2.05, 4.69) is 63.6 Å². The Morgan fingerprint density at radius 2 is 0.828 bits per heavy atom. The Balaban J connectivity index is 0.922. The third-order valence-corrected chi connectivity index (χ3v) is 10.8. The van der Waals surface area contributed by atoms with Crippen molar-refractivity contribution >= 4 is 46.6 Å². The Bertz CT molecular complexity index is 2420. The monoisotopic (exact) mass is 853 g/mol. The number of carbonyl (C=O) groups excluding carboxylic acids is 2. The average molecular weight is 854 g/mol. The first-order valence-corrected chi connectivity index (χ1v) is 22.8. The lowest BCUT2D eigenvalue weighted by Crippen LogP contribution is -2.08. The summed E-state index contributed by atoms with van der Waals surface area (Å²) in [6, 6.07) is 44.1. The van der Waals surface area contributed by atoms with Crippen molar-refractivity contribution in [3.8, 4) is 11.5 Å². The van der Waals surface area contributed by atoms with Crippen molar-refractivity contribution in [3.63, 3.8) is 0 Å². The number of unbranched alkanes of at least 4 members (excludes halogenated alkanes) is 10. The number of azo groups is 2. The summed E-state index contributed by atoms with van der Waals surface area (Å²) >= 11 is 0. The van der Waals surface area contributed by atoms with Gasteiger partial charge in [0.25, 0.3) is 0 Å². The molecule has 6 aromatic rings. The molecule has 0 saturated heterocycles. The molecule has 0 amide bonds. The topological polar surface area (TPSA) is 114 Å². The predicted molar refractivity (Wildman–Crippen MR) is 258 cm³/mol. The van der Waals surface area contributed by atoms with Crippen LogP contribution in [0.2, 0.25) is 0 Å². The Morgan fingerprint density at radius 1 is 0.422 bits per heavy atom. The summed E-state index contributed by atoms with van der Waals surface area (Å²) in [6.45, 7) is 4.48. The van der Waals surface area contributed by atoms with Crippen LogP contribution in [0.5, 0.6) is 11.5 Å². The third kappa shape index (κ3) is 16.1. The molecule has 0 heterocycles. The van der Waals surface area contributed by atoms with E-state index in [9.17, 15) is 9.59 Å². The lowest BCUT2D eigenvalue weighted by molar-refractivity contribution is 0.0725. The fourth-order valence-corrected chi connectivity index (χ4v) is 6.97. The highest BCUT2D eigenvalue weighted by Crippen LogP contribution is 2.25. The lowest BCUT2D eigenvalue weighted by atomic mass is 10.0. The quantitative estimate of drug-likeness (QED) is 0.0198. The van der Waals surface area contributed by atoms with Gasteiger partial charge in [0.05, 0.1) is 39.6 Å². The highest BCUT2D eigenvalue weighted by molar-refractivity contribution is 5.93. The van der Waals surface area contributed by atoms with Gasteiger partial charge < -0.3 is 9.47 Å². The molecule has 64 heavy (non-hydrogen) atoms. The van der Waals surface area contributed by atoms with Crippen molar-refractivity contribution in [3.05, 3.63) is 173 Å². The Hall–Kier alpha value is -6.87. The summed E-state index contributed by atoms with van der Waals surface area (Å²) in [4.78, 5) is 30.4. The Morgan fingerprint density at radius 3 is 1.28 bits per heavy atom. The molecule has 0 aromatic heterocycles. The number of aryl methyl sites for hydroxylation is 2. The maximum atomic E-state index is 13.0. The number of aliphatic imine (C=N–C) groups is 1. The summed E-state index contributed by atoms with van der Waals surface area (Å²) in [6.07, 6.45) is 19.3. The van der Waals surface area contributed by atoms with Gasteiger partial charge in [-0.1, -0.05) is 121 Å². The van der Waals surface area contributed by atoms with Gasteiger partial charge in [-0.05, 0) is 146 Å². The second-order valence-electron chi connectivity index (χ2n) is 16.0. The van der Waals surface area contributed by atoms with E-state index in [-0.39, 0.29) is 0 Å². The van der Waals surface area contributed by atoms with Crippen LogP contribution in [0.4, 0.5) is 28.4 Å². The molecule has 0 bridgehead atoms. The van der Waals surface area contributed by atoms with E-state index < -0.39 is 11.9 Å². The van der Waals surface area contributed by atoms with Gasteiger partial charge in [0.1, 0.15) is 11.5 Å². The number of hydrogen-bond donors (Lipinski definition) is 0. The normalized spacial score (nSPS) is 11.5. The van der Waals surface area contributed by atoms with Crippen LogP contribution in [0.25, 0.3) is 0 Å². The molecule has 6 rings (SSSR count). The molecule has 0 aliphatic heterocycles. The number of ether oxygens (including phenoxy) is 2. The van der Waals surface area contributed by atoms with Gasteiger partial charge in [-0.25, -0.2) is 9.59 Å². The summed E-state index contributed by atoms with van der Waals surface area (Å²) in [5.41, 5.74) is 7.61. The zero-order chi connectivity index (χ0) is 44.6. The Labute approximate surface area is 378 Å². The van der Waals surface area contributed by atoms with E-state index in [4.69, 9.17) is 9.47 Å². The minimum atomic E-state index is -0.506. The van der Waals surface area contributed by atoms with Crippen molar-refractivity contribution in [2.75, 3.05) is 0 Å². The minimum Gasteiger partial charge on any atom is -0.423 e. The predicted octanol–water partition coefficient (Wildman–Crippen LogP) is 16.5. The van der Waals surface area contributed by atoms with E-state index >= 15 is 0 Å². The second kappa shape index (κ2) is 25.9. The van der Waals surface area contributed by atoms with Crippen LogP contribution in [-0.2, 0) is 12.8 Å². The van der Waals surface area contributed by atoms with Crippen molar-refractivity contribution in [2.24, 2.45) is 25.4 Å². The van der Waals surface area contributed by atoms with Crippen molar-refractivity contribution < 1.29 is 19.1 Å². The van der Waals surface area contributed by atoms with E-state index in [1.165, 1.54) is 88.2 Å². The Kier molecular flexibility index (Phi) is 18.9. The zero-order valence-corrected chi connectivity index (χ0v) is 37.2. The van der Waals surface area contributed by atoms with E-state index in [1.807, 2.05) is 24.3 Å². The van der Waals surface area contributed by atoms with Crippen molar-refractivity contribution in [1.29, 1.82) is 0 Å². The van der Waals surface area contributed by atoms with Gasteiger partial charge in [-0.3, -0.25) is 4.99 Å². The van der Waals surface area contributed by atoms with Crippen LogP contribution in [0.3, 0.4) is 0 Å². The fraction of sp³-hybridized carbons (Fsp3) is 0.291. The fourth-order valence-electron chi connectivity index (χ4n) is 6.97. The first-order valence-electron chi connectivity index (χ1n) is 22.8. The highest BCUT2D eigenvalue weighted by Gasteiger charge is 2.11. The molecule has 0 fully saturated rings. The number of rotatable bonds is 24. The van der Waals surface area contributed by atoms with E-state index in [0.717, 1.165) is 29.8 Å². The number of esters is 2. The van der Waals surface area contributed by atoms with E-state index in [1.54, 1.807) is 103 Å². The van der Waals surface area contributed by atoms with E-state index in [0.29, 0.717) is 39.7 Å². The van der Waals surface area contributed by atoms with Crippen molar-refractivity contribution in [2.45, 2.75) is 104 Å². The molecular weight excluding hydrogens is 795 g/mol. The highest BCUT2D eigenvalue weighted by atomic mass is 16.5. The number of benzene rings is 6. The zero-order valence-electron chi connectivity index (χ0n) is 37.2. The number of nitrogens with zero attached hydrogens (tertiary/aromatic N) is 5. The van der Waals surface area contributed by atoms with Gasteiger partial charge in [0, 0.05) is 6.21 Å². The molecule has 0 spiro atoms. The first-order chi connectivity index (χ1) is 31.4. The molecule has 0 aliphatic carbocycles. The average Bonchev–Trinajstić information content (AvgIpc) is 3.33. The molecule has 0 radical (unpaired) electrons. The summed E-state index contributed by atoms with van der Waals surface area (Å²) in [5.74, 6) is -0.191. The summed E-state index contributed by atoms with van der Waals surface area (Å²) < 4.78 is 11.2. The molecule has 0 unspecified atom stereocenters. The van der Waals surface area contributed by atoms with Crippen molar-refractivity contribution in [1.82, 2.24) is 0 Å². The second-order valence-corrected chi connectivity index (χ2v) is 16.0.